The van der Waals surface area contributed by atoms with Gasteiger partial charge in [-0.25, -0.2) is 0 Å². The van der Waals surface area contributed by atoms with Crippen LogP contribution in [0.25, 0.3) is 0 Å². The van der Waals surface area contributed by atoms with Gasteiger partial charge >= 0.3 is 0 Å². The predicted molar refractivity (Wildman–Crippen MR) is 34.6 cm³/mol. The van der Waals surface area contributed by atoms with Gasteiger partial charge in [-0.3, -0.25) is 0 Å². The van der Waals surface area contributed by atoms with Gasteiger partial charge in [0.15, 0.2) is 6.29 Å². The molecule has 1 rings (SSSR count). The number of hydrogen-bond acceptors (Lipinski definition) is 5. The fourth-order valence-electron chi connectivity index (χ4n) is 1.05. The van der Waals surface area contributed by atoms with Gasteiger partial charge in [-0.15, -0.1) is 0 Å². The molecular formula is C6H12O5. The molecule has 0 aliphatic carbocycles. The van der Waals surface area contributed by atoms with E-state index >= 15 is 0 Å². The quantitative estimate of drug-likeness (QED) is 0.353. The molecule has 5 heteroatoms. The van der Waals surface area contributed by atoms with Gasteiger partial charge in [0.2, 0.25) is 0 Å². The number of aliphatic hydroxyl groups excluding tert-OH is 4. The Balaban J connectivity index is 2.47. The van der Waals surface area contributed by atoms with E-state index in [-0.39, 0.29) is 13.0 Å². The Hall–Kier alpha value is -0.200. The van der Waals surface area contributed by atoms with Crippen LogP contribution in [0, 0.1) is 0 Å². The summed E-state index contributed by atoms with van der Waals surface area (Å²) >= 11 is 0. The van der Waals surface area contributed by atoms with Crippen molar-refractivity contribution in [3.63, 3.8) is 0 Å². The third-order valence-electron chi connectivity index (χ3n) is 1.73. The second kappa shape index (κ2) is 3.46. The minimum Gasteiger partial charge on any atom is -0.394 e. The van der Waals surface area contributed by atoms with Crippen LogP contribution in [0.5, 0.6) is 0 Å². The summed E-state index contributed by atoms with van der Waals surface area (Å²) in [5.74, 6) is 0. The van der Waals surface area contributed by atoms with E-state index in [9.17, 15) is 0 Å². The Morgan fingerprint density at radius 3 is 2.36 bits per heavy atom. The minimum absolute atomic E-state index is 0.148. The third kappa shape index (κ3) is 1.88. The molecule has 0 radical (unpaired) electrons. The van der Waals surface area contributed by atoms with Gasteiger partial charge in [0.25, 0.3) is 0 Å². The molecule has 4 N–H and O–H groups in total. The lowest BCUT2D eigenvalue weighted by atomic mass is 10.0. The van der Waals surface area contributed by atoms with E-state index in [1.165, 1.54) is 0 Å². The Morgan fingerprint density at radius 2 is 1.91 bits per heavy atom. The summed E-state index contributed by atoms with van der Waals surface area (Å²) in [4.78, 5) is 0. The SMILES string of the molecule is OC[C@@H]1C[C@H](O)[C@H](O)[C@H](O)O1. The Morgan fingerprint density at radius 1 is 1.27 bits per heavy atom. The number of aliphatic hydroxyl groups is 4. The van der Waals surface area contributed by atoms with Gasteiger partial charge in [0.05, 0.1) is 18.8 Å². The summed E-state index contributed by atoms with van der Waals surface area (Å²) in [5.41, 5.74) is 0. The number of hydrogen-bond donors (Lipinski definition) is 4. The molecule has 1 aliphatic rings. The molecule has 5 nitrogen and oxygen atoms in total. The lowest BCUT2D eigenvalue weighted by Gasteiger charge is -2.33. The van der Waals surface area contributed by atoms with Crippen molar-refractivity contribution in [2.75, 3.05) is 6.61 Å². The summed E-state index contributed by atoms with van der Waals surface area (Å²) in [7, 11) is 0. The summed E-state index contributed by atoms with van der Waals surface area (Å²) in [6, 6.07) is 0. The van der Waals surface area contributed by atoms with Crippen molar-refractivity contribution < 1.29 is 25.2 Å². The summed E-state index contributed by atoms with van der Waals surface area (Å²) in [6.45, 7) is -0.263. The molecule has 0 aromatic rings. The van der Waals surface area contributed by atoms with Gasteiger partial charge in [-0.1, -0.05) is 0 Å². The fraction of sp³-hybridized carbons (Fsp3) is 1.00. The molecule has 1 aliphatic heterocycles. The molecule has 0 amide bonds. The van der Waals surface area contributed by atoms with Gasteiger partial charge in [-0.05, 0) is 0 Å². The second-order valence-electron chi connectivity index (χ2n) is 2.62. The van der Waals surface area contributed by atoms with E-state index in [0.29, 0.717) is 0 Å². The smallest absolute Gasteiger partial charge is 0.183 e. The summed E-state index contributed by atoms with van der Waals surface area (Å²) in [5, 5.41) is 35.5. The first kappa shape index (κ1) is 8.89. The first-order valence-corrected chi connectivity index (χ1v) is 3.45. The molecule has 1 heterocycles. The highest BCUT2D eigenvalue weighted by Crippen LogP contribution is 2.17. The van der Waals surface area contributed by atoms with Crippen molar-refractivity contribution in [3.05, 3.63) is 0 Å². The van der Waals surface area contributed by atoms with Gasteiger partial charge in [0, 0.05) is 6.42 Å². The number of ether oxygens (including phenoxy) is 1. The van der Waals surface area contributed by atoms with Crippen molar-refractivity contribution in [3.8, 4) is 0 Å². The van der Waals surface area contributed by atoms with Crippen LogP contribution in [0.2, 0.25) is 0 Å². The zero-order valence-electron chi connectivity index (χ0n) is 5.92. The first-order chi connectivity index (χ1) is 5.15. The van der Waals surface area contributed by atoms with Crippen molar-refractivity contribution in [2.45, 2.75) is 31.0 Å². The average Bonchev–Trinajstić information content (AvgIpc) is 1.99. The molecule has 0 aromatic heterocycles. The molecule has 0 bridgehead atoms. The Bertz CT molecular complexity index is 116. The highest BCUT2D eigenvalue weighted by Gasteiger charge is 2.34. The predicted octanol–water partition coefficient (Wildman–Crippen LogP) is -2.19. The largest absolute Gasteiger partial charge is 0.394 e. The van der Waals surface area contributed by atoms with E-state index in [4.69, 9.17) is 25.2 Å². The third-order valence-corrected chi connectivity index (χ3v) is 1.73. The van der Waals surface area contributed by atoms with Crippen LogP contribution in [-0.2, 0) is 4.74 Å². The molecule has 0 spiro atoms. The Labute approximate surface area is 63.8 Å². The van der Waals surface area contributed by atoms with E-state index in [2.05, 4.69) is 0 Å². The van der Waals surface area contributed by atoms with Crippen molar-refractivity contribution >= 4 is 0 Å². The van der Waals surface area contributed by atoms with E-state index in [1.54, 1.807) is 0 Å². The molecule has 0 unspecified atom stereocenters. The lowest BCUT2D eigenvalue weighted by molar-refractivity contribution is -0.251. The van der Waals surface area contributed by atoms with Crippen molar-refractivity contribution in [2.24, 2.45) is 0 Å². The molecule has 0 saturated carbocycles. The molecule has 4 atom stereocenters. The standard InChI is InChI=1S/C6H12O5/c7-2-3-1-4(8)5(9)6(10)11-3/h3-10H,1-2H2/t3-,4-,5-,6+/m0/s1. The van der Waals surface area contributed by atoms with Gasteiger partial charge < -0.3 is 25.2 Å². The zero-order chi connectivity index (χ0) is 8.43. The topological polar surface area (TPSA) is 90.2 Å². The normalized spacial score (nSPS) is 45.8. The lowest BCUT2D eigenvalue weighted by Crippen LogP contribution is -2.49. The van der Waals surface area contributed by atoms with Crippen LogP contribution in [-0.4, -0.2) is 51.6 Å². The maximum absolute atomic E-state index is 9.05. The van der Waals surface area contributed by atoms with Crippen molar-refractivity contribution in [1.82, 2.24) is 0 Å². The molecule has 1 saturated heterocycles. The van der Waals surface area contributed by atoms with Crippen LogP contribution in [0.1, 0.15) is 6.42 Å². The maximum Gasteiger partial charge on any atom is 0.183 e. The van der Waals surface area contributed by atoms with Crippen molar-refractivity contribution in [1.29, 1.82) is 0 Å². The van der Waals surface area contributed by atoms with E-state index < -0.39 is 24.6 Å². The Kier molecular flexibility index (Phi) is 2.80. The summed E-state index contributed by atoms with van der Waals surface area (Å²) in [6.07, 6.45) is -4.11. The molecule has 1 fully saturated rings. The highest BCUT2D eigenvalue weighted by molar-refractivity contribution is 4.79. The maximum atomic E-state index is 9.05. The first-order valence-electron chi connectivity index (χ1n) is 3.45. The van der Waals surface area contributed by atoms with Gasteiger partial charge in [-0.2, -0.15) is 0 Å². The second-order valence-corrected chi connectivity index (χ2v) is 2.62. The molecule has 0 aromatic carbocycles. The average molecular weight is 164 g/mol. The van der Waals surface area contributed by atoms with Crippen LogP contribution in [0.15, 0.2) is 0 Å². The minimum atomic E-state index is -1.39. The monoisotopic (exact) mass is 164 g/mol. The fourth-order valence-corrected chi connectivity index (χ4v) is 1.05. The number of rotatable bonds is 1. The van der Waals surface area contributed by atoms with Crippen LogP contribution in [0.4, 0.5) is 0 Å². The summed E-state index contributed by atoms with van der Waals surface area (Å²) < 4.78 is 4.71. The van der Waals surface area contributed by atoms with Crippen LogP contribution in [0.3, 0.4) is 0 Å². The van der Waals surface area contributed by atoms with Crippen LogP contribution >= 0.6 is 0 Å². The van der Waals surface area contributed by atoms with Crippen LogP contribution < -0.4 is 0 Å². The van der Waals surface area contributed by atoms with Gasteiger partial charge in [0.1, 0.15) is 6.10 Å². The highest BCUT2D eigenvalue weighted by atomic mass is 16.6. The molecule has 11 heavy (non-hydrogen) atoms. The zero-order valence-corrected chi connectivity index (χ0v) is 5.92. The molecular weight excluding hydrogens is 152 g/mol. The van der Waals surface area contributed by atoms with E-state index in [1.807, 2.05) is 0 Å². The molecule has 66 valence electrons. The van der Waals surface area contributed by atoms with E-state index in [0.717, 1.165) is 0 Å².